The highest BCUT2D eigenvalue weighted by atomic mass is 16.5. The second-order valence-electron chi connectivity index (χ2n) is 10.4. The Balaban J connectivity index is 1.72. The van der Waals surface area contributed by atoms with Crippen LogP contribution in [0.25, 0.3) is 11.1 Å². The molecule has 1 aliphatic carbocycles. The molecule has 188 valence electrons. The Bertz CT molecular complexity index is 1060. The molecule has 0 bridgehead atoms. The Morgan fingerprint density at radius 3 is 1.94 bits per heavy atom. The number of amides is 2. The largest absolute Gasteiger partial charge is 0.480 e. The number of ether oxygens (including phenoxy) is 1. The number of hydrogen-bond donors (Lipinski definition) is 3. The molecule has 2 unspecified atom stereocenters. The van der Waals surface area contributed by atoms with Crippen molar-refractivity contribution < 1.29 is 24.2 Å². The number of carbonyl (C=O) groups excluding carboxylic acids is 2. The summed E-state index contributed by atoms with van der Waals surface area (Å²) in [5, 5.41) is 15.1. The van der Waals surface area contributed by atoms with Crippen molar-refractivity contribution in [3.63, 3.8) is 0 Å². The summed E-state index contributed by atoms with van der Waals surface area (Å²) >= 11 is 0. The molecule has 0 heterocycles. The smallest absolute Gasteiger partial charge is 0.407 e. The van der Waals surface area contributed by atoms with Crippen molar-refractivity contribution in [1.82, 2.24) is 10.6 Å². The van der Waals surface area contributed by atoms with E-state index < -0.39 is 35.0 Å². The van der Waals surface area contributed by atoms with Crippen molar-refractivity contribution in [3.05, 3.63) is 59.7 Å². The molecule has 1 aliphatic rings. The maximum atomic E-state index is 13.1. The van der Waals surface area contributed by atoms with Crippen LogP contribution in [0.15, 0.2) is 48.5 Å². The highest BCUT2D eigenvalue weighted by molar-refractivity contribution is 5.90. The fraction of sp³-hybridized carbons (Fsp3) is 0.464. The summed E-state index contributed by atoms with van der Waals surface area (Å²) < 4.78 is 5.68. The molecule has 35 heavy (non-hydrogen) atoms. The highest BCUT2D eigenvalue weighted by Gasteiger charge is 2.44. The van der Waals surface area contributed by atoms with Gasteiger partial charge >= 0.3 is 12.1 Å². The van der Waals surface area contributed by atoms with Gasteiger partial charge < -0.3 is 20.5 Å². The Kier molecular flexibility index (Phi) is 7.58. The van der Waals surface area contributed by atoms with E-state index in [4.69, 9.17) is 4.74 Å². The van der Waals surface area contributed by atoms with Gasteiger partial charge in [0.15, 0.2) is 0 Å². The van der Waals surface area contributed by atoms with Crippen LogP contribution in [0.3, 0.4) is 0 Å². The summed E-state index contributed by atoms with van der Waals surface area (Å²) in [6.45, 7) is 10.6. The van der Waals surface area contributed by atoms with Crippen molar-refractivity contribution in [1.29, 1.82) is 0 Å². The number of carbonyl (C=O) groups is 3. The lowest BCUT2D eigenvalue weighted by Crippen LogP contribution is -2.60. The third-order valence-corrected chi connectivity index (χ3v) is 7.21. The minimum absolute atomic E-state index is 0.0669. The molecule has 3 rings (SSSR count). The molecule has 2 amide bonds. The summed E-state index contributed by atoms with van der Waals surface area (Å²) in [6, 6.07) is 15.6. The number of alkyl carbamates (subject to hydrolysis) is 1. The second kappa shape index (κ2) is 10.1. The van der Waals surface area contributed by atoms with Crippen LogP contribution < -0.4 is 10.6 Å². The lowest BCUT2D eigenvalue weighted by atomic mass is 9.77. The van der Waals surface area contributed by atoms with Gasteiger partial charge in [0.2, 0.25) is 5.91 Å². The highest BCUT2D eigenvalue weighted by Crippen LogP contribution is 2.44. The van der Waals surface area contributed by atoms with Gasteiger partial charge in [-0.15, -0.1) is 0 Å². The number of carboxylic acids is 1. The molecule has 7 nitrogen and oxygen atoms in total. The Morgan fingerprint density at radius 2 is 1.49 bits per heavy atom. The fourth-order valence-electron chi connectivity index (χ4n) is 4.79. The molecule has 3 N–H and O–H groups in total. The molecule has 0 saturated carbocycles. The predicted octanol–water partition coefficient (Wildman–Crippen LogP) is 4.95. The van der Waals surface area contributed by atoms with E-state index in [1.54, 1.807) is 20.8 Å². The maximum absolute atomic E-state index is 13.1. The summed E-state index contributed by atoms with van der Waals surface area (Å²) in [5.74, 6) is -1.71. The number of aliphatic carboxylic acids is 1. The zero-order valence-corrected chi connectivity index (χ0v) is 21.3. The average Bonchev–Trinajstić information content (AvgIpc) is 3.14. The van der Waals surface area contributed by atoms with E-state index in [0.29, 0.717) is 0 Å². The van der Waals surface area contributed by atoms with Gasteiger partial charge in [-0.3, -0.25) is 4.79 Å². The molecule has 7 heteroatoms. The lowest BCUT2D eigenvalue weighted by Gasteiger charge is -2.38. The van der Waals surface area contributed by atoms with Gasteiger partial charge in [-0.1, -0.05) is 69.3 Å². The summed E-state index contributed by atoms with van der Waals surface area (Å²) in [5.41, 5.74) is 2.06. The lowest BCUT2D eigenvalue weighted by molar-refractivity contribution is -0.149. The average molecular weight is 481 g/mol. The monoisotopic (exact) mass is 480 g/mol. The molecule has 0 saturated heterocycles. The molecule has 2 aromatic rings. The van der Waals surface area contributed by atoms with Crippen molar-refractivity contribution in [2.45, 2.75) is 65.5 Å². The molecule has 0 spiro atoms. The molecular formula is C28H36N2O5. The number of benzene rings is 2. The van der Waals surface area contributed by atoms with E-state index in [1.807, 2.05) is 38.1 Å². The van der Waals surface area contributed by atoms with Crippen molar-refractivity contribution in [2.75, 3.05) is 6.61 Å². The van der Waals surface area contributed by atoms with E-state index in [9.17, 15) is 19.5 Å². The predicted molar refractivity (Wildman–Crippen MR) is 135 cm³/mol. The molecule has 2 atom stereocenters. The topological polar surface area (TPSA) is 105 Å². The third kappa shape index (κ3) is 5.19. The van der Waals surface area contributed by atoms with Crippen LogP contribution in [0.2, 0.25) is 0 Å². The van der Waals surface area contributed by atoms with Gasteiger partial charge in [-0.2, -0.15) is 0 Å². The standard InChI is InChI=1S/C28H36N2O5/c1-7-28(6,25(32)33)30-24(31)27(4,5)23(17(2)3)29-26(34)35-16-22-20-14-10-8-12-18(20)19-13-9-11-15-21(19)22/h8-15,17,22-23H,7,16H2,1-6H3,(H,29,34)(H,30,31)(H,32,33). The number of fused-ring (bicyclic) bond motifs is 3. The van der Waals surface area contributed by atoms with Gasteiger partial charge in [0.25, 0.3) is 0 Å². The van der Waals surface area contributed by atoms with Crippen LogP contribution in [0.1, 0.15) is 65.0 Å². The molecule has 0 aromatic heterocycles. The third-order valence-electron chi connectivity index (χ3n) is 7.21. The van der Waals surface area contributed by atoms with E-state index >= 15 is 0 Å². The number of carboxylic acid groups (broad SMARTS) is 1. The first kappa shape index (κ1) is 26.3. The molecule has 2 aromatic carbocycles. The fourth-order valence-corrected chi connectivity index (χ4v) is 4.79. The first-order valence-electron chi connectivity index (χ1n) is 12.1. The summed E-state index contributed by atoms with van der Waals surface area (Å²) in [4.78, 5) is 37.7. The van der Waals surface area contributed by atoms with Gasteiger partial charge in [0.05, 0.1) is 5.41 Å². The number of nitrogens with one attached hydrogen (secondary N) is 2. The van der Waals surface area contributed by atoms with E-state index in [1.165, 1.54) is 6.92 Å². The Morgan fingerprint density at radius 1 is 0.971 bits per heavy atom. The van der Waals surface area contributed by atoms with Crippen LogP contribution in [0.5, 0.6) is 0 Å². The van der Waals surface area contributed by atoms with Crippen LogP contribution in [-0.4, -0.2) is 41.3 Å². The molecule has 0 radical (unpaired) electrons. The van der Waals surface area contributed by atoms with E-state index in [2.05, 4.69) is 34.9 Å². The van der Waals surface area contributed by atoms with Crippen LogP contribution >= 0.6 is 0 Å². The van der Waals surface area contributed by atoms with Crippen molar-refractivity contribution in [3.8, 4) is 11.1 Å². The number of hydrogen-bond acceptors (Lipinski definition) is 4. The zero-order chi connectivity index (χ0) is 26.0. The Labute approximate surface area is 207 Å². The minimum atomic E-state index is -1.39. The second-order valence-corrected chi connectivity index (χ2v) is 10.4. The van der Waals surface area contributed by atoms with Crippen LogP contribution in [0.4, 0.5) is 4.79 Å². The summed E-state index contributed by atoms with van der Waals surface area (Å²) in [7, 11) is 0. The molecule has 0 aliphatic heterocycles. The first-order valence-corrected chi connectivity index (χ1v) is 12.1. The Hall–Kier alpha value is -3.35. The minimum Gasteiger partial charge on any atom is -0.480 e. The van der Waals surface area contributed by atoms with Gasteiger partial charge in [0.1, 0.15) is 12.1 Å². The van der Waals surface area contributed by atoms with Gasteiger partial charge in [0, 0.05) is 12.0 Å². The van der Waals surface area contributed by atoms with Crippen molar-refractivity contribution in [2.24, 2.45) is 11.3 Å². The zero-order valence-electron chi connectivity index (χ0n) is 21.3. The quantitative estimate of drug-likeness (QED) is 0.471. The first-order chi connectivity index (χ1) is 16.4. The maximum Gasteiger partial charge on any atom is 0.407 e. The summed E-state index contributed by atoms with van der Waals surface area (Å²) in [6.07, 6.45) is -0.376. The van der Waals surface area contributed by atoms with Crippen LogP contribution in [-0.2, 0) is 14.3 Å². The van der Waals surface area contributed by atoms with Gasteiger partial charge in [-0.25, -0.2) is 9.59 Å². The van der Waals surface area contributed by atoms with Gasteiger partial charge in [-0.05, 0) is 55.4 Å². The number of rotatable bonds is 9. The normalized spacial score (nSPS) is 15.5. The van der Waals surface area contributed by atoms with E-state index in [0.717, 1.165) is 22.3 Å². The molecule has 0 fully saturated rings. The van der Waals surface area contributed by atoms with Crippen molar-refractivity contribution >= 4 is 18.0 Å². The SMILES string of the molecule is CCC(C)(NC(=O)C(C)(C)C(NC(=O)OCC1c2ccccc2-c2ccccc21)C(C)C)C(=O)O. The molecular weight excluding hydrogens is 444 g/mol. The van der Waals surface area contributed by atoms with Crippen LogP contribution in [0, 0.1) is 11.3 Å². The van der Waals surface area contributed by atoms with E-state index in [-0.39, 0.29) is 24.9 Å².